The molecule has 1 aromatic carbocycles. The van der Waals surface area contributed by atoms with Gasteiger partial charge in [0, 0.05) is 26.2 Å². The van der Waals surface area contributed by atoms with Crippen molar-refractivity contribution in [2.75, 3.05) is 39.3 Å². The molecule has 7 heteroatoms. The third-order valence-electron chi connectivity index (χ3n) is 4.43. The average Bonchev–Trinajstić information content (AvgIpc) is 3.21. The van der Waals surface area contributed by atoms with Crippen LogP contribution in [0.1, 0.15) is 16.1 Å². The molecule has 138 valence electrons. The largest absolute Gasteiger partial charge is 0.459 e. The third kappa shape index (κ3) is 4.70. The topological polar surface area (TPSA) is 65.8 Å². The van der Waals surface area contributed by atoms with Crippen molar-refractivity contribution in [3.63, 3.8) is 0 Å². The maximum atomic E-state index is 12.8. The summed E-state index contributed by atoms with van der Waals surface area (Å²) in [5.74, 6) is -0.0393. The highest BCUT2D eigenvalue weighted by atomic mass is 19.1. The summed E-state index contributed by atoms with van der Waals surface area (Å²) in [6.45, 7) is 2.94. The molecule has 0 saturated carbocycles. The SMILES string of the molecule is O=C(CNCCc1ccc(F)cc1)N1CCN(C(=O)c2ccco2)CC1. The number of hydrogen-bond donors (Lipinski definition) is 1. The van der Waals surface area contributed by atoms with Crippen molar-refractivity contribution in [1.82, 2.24) is 15.1 Å². The van der Waals surface area contributed by atoms with Crippen LogP contribution in [0.5, 0.6) is 0 Å². The quantitative estimate of drug-likeness (QED) is 0.795. The summed E-state index contributed by atoms with van der Waals surface area (Å²) in [4.78, 5) is 27.9. The van der Waals surface area contributed by atoms with Gasteiger partial charge in [0.2, 0.25) is 5.91 Å². The summed E-state index contributed by atoms with van der Waals surface area (Å²) >= 11 is 0. The first kappa shape index (κ1) is 18.1. The number of carbonyl (C=O) groups is 2. The van der Waals surface area contributed by atoms with Crippen LogP contribution in [0.4, 0.5) is 4.39 Å². The van der Waals surface area contributed by atoms with Gasteiger partial charge in [0.15, 0.2) is 5.76 Å². The predicted octanol–water partition coefficient (Wildman–Crippen LogP) is 1.54. The smallest absolute Gasteiger partial charge is 0.289 e. The van der Waals surface area contributed by atoms with Crippen LogP contribution >= 0.6 is 0 Å². The number of piperazine rings is 1. The van der Waals surface area contributed by atoms with E-state index in [1.807, 2.05) is 0 Å². The summed E-state index contributed by atoms with van der Waals surface area (Å²) in [5, 5.41) is 3.12. The number of nitrogens with zero attached hydrogens (tertiary/aromatic N) is 2. The number of nitrogens with one attached hydrogen (secondary N) is 1. The Kier molecular flexibility index (Phi) is 6.01. The van der Waals surface area contributed by atoms with Crippen molar-refractivity contribution >= 4 is 11.8 Å². The van der Waals surface area contributed by atoms with E-state index in [2.05, 4.69) is 5.32 Å². The summed E-state index contributed by atoms with van der Waals surface area (Å²) in [7, 11) is 0. The Labute approximate surface area is 151 Å². The molecule has 1 aliphatic heterocycles. The van der Waals surface area contributed by atoms with Crippen molar-refractivity contribution in [2.24, 2.45) is 0 Å². The van der Waals surface area contributed by atoms with Gasteiger partial charge < -0.3 is 19.5 Å². The van der Waals surface area contributed by atoms with E-state index < -0.39 is 0 Å². The third-order valence-corrected chi connectivity index (χ3v) is 4.43. The zero-order chi connectivity index (χ0) is 18.4. The number of carbonyl (C=O) groups excluding carboxylic acids is 2. The standard InChI is InChI=1S/C19H22FN3O3/c20-16-5-3-15(4-6-16)7-8-21-14-18(24)22-9-11-23(12-10-22)19(25)17-2-1-13-26-17/h1-6,13,21H,7-12,14H2. The fourth-order valence-corrected chi connectivity index (χ4v) is 2.91. The van der Waals surface area contributed by atoms with Crippen molar-refractivity contribution in [3.8, 4) is 0 Å². The monoisotopic (exact) mass is 359 g/mol. The molecule has 2 aromatic rings. The first-order valence-corrected chi connectivity index (χ1v) is 8.69. The van der Waals surface area contributed by atoms with E-state index in [-0.39, 0.29) is 24.2 Å². The Morgan fingerprint density at radius 3 is 2.38 bits per heavy atom. The zero-order valence-electron chi connectivity index (χ0n) is 14.5. The minimum absolute atomic E-state index is 0.0224. The van der Waals surface area contributed by atoms with Gasteiger partial charge in [-0.3, -0.25) is 9.59 Å². The lowest BCUT2D eigenvalue weighted by Crippen LogP contribution is -2.52. The van der Waals surface area contributed by atoms with Gasteiger partial charge in [0.25, 0.3) is 5.91 Å². The van der Waals surface area contributed by atoms with Crippen molar-refractivity contribution in [1.29, 1.82) is 0 Å². The van der Waals surface area contributed by atoms with Gasteiger partial charge in [-0.1, -0.05) is 12.1 Å². The lowest BCUT2D eigenvalue weighted by atomic mass is 10.1. The van der Waals surface area contributed by atoms with Crippen molar-refractivity contribution in [3.05, 3.63) is 59.8 Å². The summed E-state index contributed by atoms with van der Waals surface area (Å²) in [6.07, 6.45) is 2.21. The van der Waals surface area contributed by atoms with Gasteiger partial charge in [-0.25, -0.2) is 4.39 Å². The van der Waals surface area contributed by atoms with Gasteiger partial charge >= 0.3 is 0 Å². The molecule has 26 heavy (non-hydrogen) atoms. The van der Waals surface area contributed by atoms with E-state index in [1.54, 1.807) is 34.1 Å². The minimum Gasteiger partial charge on any atom is -0.459 e. The fourth-order valence-electron chi connectivity index (χ4n) is 2.91. The highest BCUT2D eigenvalue weighted by Crippen LogP contribution is 2.09. The van der Waals surface area contributed by atoms with Gasteiger partial charge in [0.1, 0.15) is 5.82 Å². The number of hydrogen-bond acceptors (Lipinski definition) is 4. The molecule has 0 spiro atoms. The molecule has 6 nitrogen and oxygen atoms in total. The molecule has 2 amide bonds. The molecular formula is C19H22FN3O3. The van der Waals surface area contributed by atoms with Gasteiger partial charge in [-0.2, -0.15) is 0 Å². The molecule has 0 bridgehead atoms. The Hall–Kier alpha value is -2.67. The molecule has 0 aliphatic carbocycles. The zero-order valence-corrected chi connectivity index (χ0v) is 14.5. The van der Waals surface area contributed by atoms with Crippen molar-refractivity contribution < 1.29 is 18.4 Å². The average molecular weight is 359 g/mol. The number of rotatable bonds is 6. The molecule has 0 atom stereocenters. The van der Waals surface area contributed by atoms with Crippen LogP contribution in [-0.4, -0.2) is 60.9 Å². The van der Waals surface area contributed by atoms with Crippen LogP contribution in [0.2, 0.25) is 0 Å². The summed E-state index contributed by atoms with van der Waals surface area (Å²) in [5.41, 5.74) is 1.02. The van der Waals surface area contributed by atoms with Crippen LogP contribution in [0.25, 0.3) is 0 Å². The van der Waals surface area contributed by atoms with Gasteiger partial charge in [0.05, 0.1) is 12.8 Å². The molecule has 2 heterocycles. The molecule has 1 aromatic heterocycles. The first-order valence-electron chi connectivity index (χ1n) is 8.69. The van der Waals surface area contributed by atoms with Crippen molar-refractivity contribution in [2.45, 2.75) is 6.42 Å². The Morgan fingerprint density at radius 2 is 1.73 bits per heavy atom. The second kappa shape index (κ2) is 8.62. The first-order chi connectivity index (χ1) is 12.6. The molecule has 0 radical (unpaired) electrons. The Balaban J connectivity index is 1.36. The minimum atomic E-state index is -0.249. The molecular weight excluding hydrogens is 337 g/mol. The van der Waals surface area contributed by atoms with Crippen LogP contribution < -0.4 is 5.32 Å². The van der Waals surface area contributed by atoms with E-state index in [9.17, 15) is 14.0 Å². The molecule has 0 unspecified atom stereocenters. The highest BCUT2D eigenvalue weighted by Gasteiger charge is 2.25. The maximum absolute atomic E-state index is 12.8. The van der Waals surface area contributed by atoms with E-state index in [0.717, 1.165) is 12.0 Å². The van der Waals surface area contributed by atoms with Crippen LogP contribution in [0.15, 0.2) is 47.1 Å². The Bertz CT molecular complexity index is 723. The lowest BCUT2D eigenvalue weighted by molar-refractivity contribution is -0.131. The Morgan fingerprint density at radius 1 is 1.04 bits per heavy atom. The number of furan rings is 1. The number of amides is 2. The predicted molar refractivity (Wildman–Crippen MR) is 94.2 cm³/mol. The number of halogens is 1. The van der Waals surface area contributed by atoms with E-state index in [4.69, 9.17) is 4.42 Å². The van der Waals surface area contributed by atoms with Gasteiger partial charge in [-0.15, -0.1) is 0 Å². The number of benzene rings is 1. The van der Waals surface area contributed by atoms with E-state index >= 15 is 0 Å². The van der Waals surface area contributed by atoms with E-state index in [0.29, 0.717) is 38.5 Å². The van der Waals surface area contributed by atoms with E-state index in [1.165, 1.54) is 18.4 Å². The highest BCUT2D eigenvalue weighted by molar-refractivity contribution is 5.91. The maximum Gasteiger partial charge on any atom is 0.289 e. The molecule has 1 N–H and O–H groups in total. The summed E-state index contributed by atoms with van der Waals surface area (Å²) in [6, 6.07) is 9.69. The van der Waals surface area contributed by atoms with Crippen LogP contribution in [-0.2, 0) is 11.2 Å². The van der Waals surface area contributed by atoms with Gasteiger partial charge in [-0.05, 0) is 42.8 Å². The molecule has 1 saturated heterocycles. The molecule has 1 aliphatic rings. The lowest BCUT2D eigenvalue weighted by Gasteiger charge is -2.34. The second-order valence-electron chi connectivity index (χ2n) is 6.20. The normalized spacial score (nSPS) is 14.5. The van der Waals surface area contributed by atoms with Crippen LogP contribution in [0.3, 0.4) is 0 Å². The molecule has 1 fully saturated rings. The van der Waals surface area contributed by atoms with Crippen LogP contribution in [0, 0.1) is 5.82 Å². The molecule has 3 rings (SSSR count). The fraction of sp³-hybridized carbons (Fsp3) is 0.368. The summed E-state index contributed by atoms with van der Waals surface area (Å²) < 4.78 is 18.0. The second-order valence-corrected chi connectivity index (χ2v) is 6.20.